The molecule has 3 rings (SSSR count). The summed E-state index contributed by atoms with van der Waals surface area (Å²) in [5.74, 6) is 0.611. The maximum Gasteiger partial charge on any atom is 0.146 e. The first-order valence-corrected chi connectivity index (χ1v) is 10.9. The molecule has 1 saturated carbocycles. The number of nitrogens with zero attached hydrogens (tertiary/aromatic N) is 2. The average molecular weight is 395 g/mol. The summed E-state index contributed by atoms with van der Waals surface area (Å²) in [6, 6.07) is 7.05. The molecular weight excluding hydrogens is 359 g/mol. The Morgan fingerprint density at radius 3 is 2.56 bits per heavy atom. The Morgan fingerprint density at radius 2 is 1.89 bits per heavy atom. The molecule has 0 amide bonds. The van der Waals surface area contributed by atoms with Crippen LogP contribution >= 0.6 is 12.6 Å². The van der Waals surface area contributed by atoms with E-state index in [1.54, 1.807) is 6.07 Å². The molecule has 1 heterocycles. The third-order valence-corrected chi connectivity index (χ3v) is 6.22. The zero-order valence-corrected chi connectivity index (χ0v) is 17.9. The lowest BCUT2D eigenvalue weighted by atomic mass is 9.71. The van der Waals surface area contributed by atoms with Crippen LogP contribution in [0.15, 0.2) is 24.3 Å². The Hall–Kier alpha value is -0.780. The first-order chi connectivity index (χ1) is 12.8. The highest BCUT2D eigenvalue weighted by atomic mass is 32.1. The predicted octanol–water partition coefficient (Wildman–Crippen LogP) is 4.48. The molecular formula is C22H35FN2OS. The molecule has 0 unspecified atom stereocenters. The van der Waals surface area contributed by atoms with Gasteiger partial charge in [-0.2, -0.15) is 12.6 Å². The van der Waals surface area contributed by atoms with E-state index >= 15 is 0 Å². The molecule has 2 aliphatic rings. The van der Waals surface area contributed by atoms with Crippen molar-refractivity contribution >= 4 is 18.3 Å². The van der Waals surface area contributed by atoms with Crippen molar-refractivity contribution < 1.29 is 9.13 Å². The number of ether oxygens (including phenoxy) is 1. The lowest BCUT2D eigenvalue weighted by Crippen LogP contribution is -2.48. The van der Waals surface area contributed by atoms with Crippen LogP contribution in [0.4, 0.5) is 10.1 Å². The van der Waals surface area contributed by atoms with Gasteiger partial charge in [0.25, 0.3) is 0 Å². The molecule has 0 bridgehead atoms. The summed E-state index contributed by atoms with van der Waals surface area (Å²) in [6.45, 7) is 12.3. The van der Waals surface area contributed by atoms with Gasteiger partial charge in [0, 0.05) is 38.0 Å². The molecule has 1 aromatic carbocycles. The van der Waals surface area contributed by atoms with Gasteiger partial charge in [0.15, 0.2) is 0 Å². The van der Waals surface area contributed by atoms with Gasteiger partial charge >= 0.3 is 0 Å². The van der Waals surface area contributed by atoms with Gasteiger partial charge in [0.2, 0.25) is 0 Å². The Labute approximate surface area is 169 Å². The van der Waals surface area contributed by atoms with Crippen molar-refractivity contribution in [3.05, 3.63) is 30.1 Å². The maximum absolute atomic E-state index is 14.0. The van der Waals surface area contributed by atoms with Crippen molar-refractivity contribution in [1.29, 1.82) is 0 Å². The fraction of sp³-hybridized carbons (Fsp3) is 0.727. The molecule has 152 valence electrons. The summed E-state index contributed by atoms with van der Waals surface area (Å²) in [5.41, 5.74) is 1.11. The van der Waals surface area contributed by atoms with Gasteiger partial charge in [-0.3, -0.25) is 4.90 Å². The van der Waals surface area contributed by atoms with Crippen LogP contribution in [0.5, 0.6) is 0 Å². The molecule has 1 aliphatic heterocycles. The van der Waals surface area contributed by atoms with Gasteiger partial charge in [-0.15, -0.1) is 0 Å². The van der Waals surface area contributed by atoms with E-state index in [1.165, 1.54) is 18.9 Å². The fourth-order valence-electron chi connectivity index (χ4n) is 4.86. The van der Waals surface area contributed by atoms with Crippen LogP contribution in [0.25, 0.3) is 0 Å². The minimum absolute atomic E-state index is 0.129. The van der Waals surface area contributed by atoms with E-state index in [1.807, 2.05) is 12.1 Å². The number of anilines is 1. The Balaban J connectivity index is 1.39. The number of hydrogen-bond donors (Lipinski definition) is 1. The molecule has 1 aromatic rings. The predicted molar refractivity (Wildman–Crippen MR) is 114 cm³/mol. The first kappa shape index (κ1) is 20.9. The van der Waals surface area contributed by atoms with Crippen molar-refractivity contribution in [3.8, 4) is 0 Å². The van der Waals surface area contributed by atoms with E-state index in [0.717, 1.165) is 50.7 Å². The number of piperazine rings is 1. The highest BCUT2D eigenvalue weighted by Crippen LogP contribution is 2.39. The lowest BCUT2D eigenvalue weighted by molar-refractivity contribution is -0.0237. The zero-order valence-electron chi connectivity index (χ0n) is 17.0. The largest absolute Gasteiger partial charge is 0.377 e. The van der Waals surface area contributed by atoms with Gasteiger partial charge in [-0.05, 0) is 42.7 Å². The molecule has 0 aromatic heterocycles. The zero-order chi connectivity index (χ0) is 19.4. The van der Waals surface area contributed by atoms with Crippen molar-refractivity contribution in [2.24, 2.45) is 11.3 Å². The van der Waals surface area contributed by atoms with E-state index in [-0.39, 0.29) is 11.1 Å². The number of thiol groups is 1. The van der Waals surface area contributed by atoms with E-state index in [4.69, 9.17) is 17.4 Å². The lowest BCUT2D eigenvalue weighted by Gasteiger charge is -2.39. The molecule has 0 spiro atoms. The average Bonchev–Trinajstić information content (AvgIpc) is 2.60. The van der Waals surface area contributed by atoms with Crippen LogP contribution in [0.2, 0.25) is 0 Å². The van der Waals surface area contributed by atoms with Gasteiger partial charge < -0.3 is 9.64 Å². The Bertz CT molecular complexity index is 604. The first-order valence-electron chi connectivity index (χ1n) is 10.3. The normalized spacial score (nSPS) is 27.5. The van der Waals surface area contributed by atoms with Crippen molar-refractivity contribution in [2.45, 2.75) is 51.4 Å². The molecule has 3 atom stereocenters. The van der Waals surface area contributed by atoms with Crippen LogP contribution < -0.4 is 4.90 Å². The standard InChI is InChI=1S/C22H35FN2OS/c1-17-12-18(14-22(2,3)13-17)26-16-19(27)15-24-8-10-25(11-9-24)21-7-5-4-6-20(21)23/h4-7,17-19,27H,8-16H2,1-3H3/t17-,18+,19+/m0/s1. The molecule has 1 saturated heterocycles. The summed E-state index contributed by atoms with van der Waals surface area (Å²) in [7, 11) is 0. The second-order valence-electron chi connectivity index (χ2n) is 9.26. The number of benzene rings is 1. The molecule has 1 aliphatic carbocycles. The molecule has 5 heteroatoms. The fourth-order valence-corrected chi connectivity index (χ4v) is 5.18. The monoisotopic (exact) mass is 394 g/mol. The molecule has 3 nitrogen and oxygen atoms in total. The van der Waals surface area contributed by atoms with Crippen molar-refractivity contribution in [1.82, 2.24) is 4.90 Å². The summed E-state index contributed by atoms with van der Waals surface area (Å²) >= 11 is 4.77. The quantitative estimate of drug-likeness (QED) is 0.717. The minimum Gasteiger partial charge on any atom is -0.377 e. The number of hydrogen-bond acceptors (Lipinski definition) is 4. The molecule has 27 heavy (non-hydrogen) atoms. The van der Waals surface area contributed by atoms with Crippen molar-refractivity contribution in [2.75, 3.05) is 44.2 Å². The Kier molecular flexibility index (Phi) is 7.09. The summed E-state index contributed by atoms with van der Waals surface area (Å²) in [5, 5.41) is 0.227. The highest BCUT2D eigenvalue weighted by Gasteiger charge is 2.32. The second kappa shape index (κ2) is 9.15. The summed E-state index contributed by atoms with van der Waals surface area (Å²) < 4.78 is 20.2. The van der Waals surface area contributed by atoms with Crippen LogP contribution in [0.1, 0.15) is 40.0 Å². The van der Waals surface area contributed by atoms with Gasteiger partial charge in [0.1, 0.15) is 5.82 Å². The van der Waals surface area contributed by atoms with Gasteiger partial charge in [-0.1, -0.05) is 32.9 Å². The molecule has 0 radical (unpaired) electrons. The van der Waals surface area contributed by atoms with Crippen LogP contribution in [-0.4, -0.2) is 55.6 Å². The Morgan fingerprint density at radius 1 is 1.19 bits per heavy atom. The van der Waals surface area contributed by atoms with Crippen molar-refractivity contribution in [3.63, 3.8) is 0 Å². The SMILES string of the molecule is C[C@H]1C[C@@H](OC[C@H](S)CN2CCN(c3ccccc3F)CC2)CC(C)(C)C1. The number of halogens is 1. The number of para-hydroxylation sites is 1. The number of rotatable bonds is 6. The minimum atomic E-state index is -0.129. The van der Waals surface area contributed by atoms with Gasteiger partial charge in [-0.25, -0.2) is 4.39 Å². The highest BCUT2D eigenvalue weighted by molar-refractivity contribution is 7.81. The molecule has 2 fully saturated rings. The van der Waals surface area contributed by atoms with E-state index in [0.29, 0.717) is 18.1 Å². The second-order valence-corrected chi connectivity index (χ2v) is 9.99. The molecule has 0 N–H and O–H groups in total. The van der Waals surface area contributed by atoms with Crippen LogP contribution in [0, 0.1) is 17.2 Å². The third-order valence-electron chi connectivity index (χ3n) is 5.91. The van der Waals surface area contributed by atoms with E-state index in [9.17, 15) is 4.39 Å². The summed E-state index contributed by atoms with van der Waals surface area (Å²) in [4.78, 5) is 4.56. The topological polar surface area (TPSA) is 15.7 Å². The van der Waals surface area contributed by atoms with E-state index in [2.05, 4.69) is 30.6 Å². The smallest absolute Gasteiger partial charge is 0.146 e. The summed E-state index contributed by atoms with van der Waals surface area (Å²) in [6.07, 6.45) is 3.99. The van der Waals surface area contributed by atoms with E-state index < -0.39 is 0 Å². The maximum atomic E-state index is 14.0. The van der Waals surface area contributed by atoms with Crippen LogP contribution in [-0.2, 0) is 4.74 Å². The third kappa shape index (κ3) is 6.10. The van der Waals surface area contributed by atoms with Crippen LogP contribution in [0.3, 0.4) is 0 Å². The van der Waals surface area contributed by atoms with Gasteiger partial charge in [0.05, 0.1) is 18.4 Å².